The fraction of sp³-hybridized carbons (Fsp3) is 0.286. The van der Waals surface area contributed by atoms with Gasteiger partial charge in [0, 0.05) is 18.7 Å². The third-order valence-corrected chi connectivity index (χ3v) is 4.06. The van der Waals surface area contributed by atoms with Crippen LogP contribution >= 0.6 is 11.3 Å². The van der Waals surface area contributed by atoms with Crippen molar-refractivity contribution in [1.29, 1.82) is 0 Å². The van der Waals surface area contributed by atoms with Gasteiger partial charge in [-0.1, -0.05) is 11.2 Å². The average Bonchev–Trinajstić information content (AvgIpc) is 3.17. The molecule has 0 aliphatic rings. The second kappa shape index (κ2) is 6.11. The lowest BCUT2D eigenvalue weighted by Crippen LogP contribution is -2.24. The van der Waals surface area contributed by atoms with E-state index in [1.807, 2.05) is 25.2 Å². The van der Waals surface area contributed by atoms with Crippen LogP contribution in [0, 0.1) is 0 Å². The van der Waals surface area contributed by atoms with Gasteiger partial charge in [-0.25, -0.2) is 4.98 Å². The van der Waals surface area contributed by atoms with Crippen LogP contribution in [-0.2, 0) is 6.42 Å². The topological polar surface area (TPSA) is 76.7 Å². The molecular weight excluding hydrogens is 286 g/mol. The summed E-state index contributed by atoms with van der Waals surface area (Å²) in [7, 11) is 1.91. The normalized spacial score (nSPS) is 12.5. The van der Waals surface area contributed by atoms with Gasteiger partial charge >= 0.3 is 0 Å². The van der Waals surface area contributed by atoms with Gasteiger partial charge in [0.25, 0.3) is 5.89 Å². The number of nitrogens with one attached hydrogen (secondary N) is 1. The van der Waals surface area contributed by atoms with Gasteiger partial charge in [0.1, 0.15) is 9.88 Å². The Labute approximate surface area is 126 Å². The maximum atomic E-state index is 5.31. The quantitative estimate of drug-likeness (QED) is 0.780. The summed E-state index contributed by atoms with van der Waals surface area (Å²) in [5.74, 6) is 1.20. The molecule has 0 radical (unpaired) electrons. The Morgan fingerprint density at radius 1 is 1.33 bits per heavy atom. The minimum atomic E-state index is 0.306. The molecule has 0 aliphatic heterocycles. The number of rotatable bonds is 5. The highest BCUT2D eigenvalue weighted by Gasteiger charge is 2.14. The Balaban J connectivity index is 1.80. The number of hydrogen-bond donors (Lipinski definition) is 1. The van der Waals surface area contributed by atoms with Crippen LogP contribution < -0.4 is 5.32 Å². The highest BCUT2D eigenvalue weighted by molar-refractivity contribution is 7.18. The monoisotopic (exact) mass is 301 g/mol. The standard InChI is InChI=1S/C14H15N5OS/c1-9(15-2)7-12-18-13(20-19-12)11-8-17-14(21-11)10-5-3-4-6-16-10/h3-6,8-9,15H,7H2,1-2H3. The van der Waals surface area contributed by atoms with Crippen molar-refractivity contribution in [1.82, 2.24) is 25.4 Å². The van der Waals surface area contributed by atoms with Gasteiger partial charge in [-0.15, -0.1) is 11.3 Å². The van der Waals surface area contributed by atoms with Gasteiger partial charge in [0.05, 0.1) is 11.9 Å². The lowest BCUT2D eigenvalue weighted by molar-refractivity contribution is 0.419. The van der Waals surface area contributed by atoms with Crippen LogP contribution in [0.1, 0.15) is 12.7 Å². The molecule has 108 valence electrons. The van der Waals surface area contributed by atoms with E-state index in [4.69, 9.17) is 4.52 Å². The minimum absolute atomic E-state index is 0.306. The van der Waals surface area contributed by atoms with E-state index >= 15 is 0 Å². The molecule has 0 amide bonds. The van der Waals surface area contributed by atoms with Gasteiger partial charge in [-0.05, 0) is 26.1 Å². The Hall–Kier alpha value is -2.12. The molecule has 21 heavy (non-hydrogen) atoms. The molecule has 7 heteroatoms. The third kappa shape index (κ3) is 3.14. The summed E-state index contributed by atoms with van der Waals surface area (Å²) < 4.78 is 5.31. The van der Waals surface area contributed by atoms with Crippen molar-refractivity contribution < 1.29 is 4.52 Å². The van der Waals surface area contributed by atoms with E-state index in [1.54, 1.807) is 12.4 Å². The Bertz CT molecular complexity index is 709. The summed E-state index contributed by atoms with van der Waals surface area (Å²) in [5, 5.41) is 7.99. The fourth-order valence-corrected chi connectivity index (χ4v) is 2.61. The summed E-state index contributed by atoms with van der Waals surface area (Å²) in [6.45, 7) is 2.07. The first kappa shape index (κ1) is 13.8. The van der Waals surface area contributed by atoms with Gasteiger partial charge < -0.3 is 9.84 Å². The van der Waals surface area contributed by atoms with Crippen molar-refractivity contribution in [3.05, 3.63) is 36.4 Å². The Morgan fingerprint density at radius 2 is 2.24 bits per heavy atom. The molecule has 0 aliphatic carbocycles. The molecule has 3 aromatic rings. The van der Waals surface area contributed by atoms with Crippen LogP contribution in [0.2, 0.25) is 0 Å². The molecule has 1 unspecified atom stereocenters. The Morgan fingerprint density at radius 3 is 3.00 bits per heavy atom. The molecule has 0 fully saturated rings. The predicted octanol–water partition coefficient (Wildman–Crippen LogP) is 2.41. The van der Waals surface area contributed by atoms with Gasteiger partial charge in [-0.2, -0.15) is 4.98 Å². The van der Waals surface area contributed by atoms with E-state index in [2.05, 4.69) is 32.3 Å². The van der Waals surface area contributed by atoms with E-state index < -0.39 is 0 Å². The van der Waals surface area contributed by atoms with Crippen molar-refractivity contribution in [2.75, 3.05) is 7.05 Å². The minimum Gasteiger partial charge on any atom is -0.333 e. The van der Waals surface area contributed by atoms with Crippen molar-refractivity contribution in [2.45, 2.75) is 19.4 Å². The smallest absolute Gasteiger partial charge is 0.269 e. The summed E-state index contributed by atoms with van der Waals surface area (Å²) in [4.78, 5) is 13.9. The summed E-state index contributed by atoms with van der Waals surface area (Å²) in [6, 6.07) is 6.05. The maximum absolute atomic E-state index is 5.31. The molecule has 0 spiro atoms. The lowest BCUT2D eigenvalue weighted by Gasteiger charge is -2.04. The molecule has 0 aromatic carbocycles. The first-order chi connectivity index (χ1) is 10.3. The van der Waals surface area contributed by atoms with E-state index in [9.17, 15) is 0 Å². The van der Waals surface area contributed by atoms with Crippen LogP contribution in [0.5, 0.6) is 0 Å². The summed E-state index contributed by atoms with van der Waals surface area (Å²) in [6.07, 6.45) is 4.22. The van der Waals surface area contributed by atoms with Crippen LogP contribution in [0.4, 0.5) is 0 Å². The number of likely N-dealkylation sites (N-methyl/N-ethyl adjacent to an activating group) is 1. The first-order valence-electron chi connectivity index (χ1n) is 6.63. The largest absolute Gasteiger partial charge is 0.333 e. The van der Waals surface area contributed by atoms with Crippen LogP contribution in [0.3, 0.4) is 0 Å². The molecular formula is C14H15N5OS. The fourth-order valence-electron chi connectivity index (χ4n) is 1.79. The number of aromatic nitrogens is 4. The molecule has 3 heterocycles. The summed E-state index contributed by atoms with van der Waals surface area (Å²) >= 11 is 1.49. The van der Waals surface area contributed by atoms with E-state index in [1.165, 1.54) is 11.3 Å². The van der Waals surface area contributed by atoms with E-state index in [0.717, 1.165) is 22.0 Å². The van der Waals surface area contributed by atoms with Crippen LogP contribution in [0.25, 0.3) is 21.5 Å². The molecule has 0 saturated carbocycles. The predicted molar refractivity (Wildman–Crippen MR) is 80.9 cm³/mol. The zero-order chi connectivity index (χ0) is 14.7. The first-order valence-corrected chi connectivity index (χ1v) is 7.45. The second-order valence-corrected chi connectivity index (χ2v) is 5.68. The van der Waals surface area contributed by atoms with Crippen molar-refractivity contribution in [2.24, 2.45) is 0 Å². The van der Waals surface area contributed by atoms with Crippen molar-refractivity contribution in [3.8, 4) is 21.5 Å². The zero-order valence-corrected chi connectivity index (χ0v) is 12.6. The van der Waals surface area contributed by atoms with Gasteiger partial charge in [-0.3, -0.25) is 4.98 Å². The number of thiazole rings is 1. The van der Waals surface area contributed by atoms with E-state index in [0.29, 0.717) is 17.8 Å². The van der Waals surface area contributed by atoms with Crippen molar-refractivity contribution >= 4 is 11.3 Å². The van der Waals surface area contributed by atoms with Crippen LogP contribution in [-0.4, -0.2) is 33.2 Å². The second-order valence-electron chi connectivity index (χ2n) is 4.65. The van der Waals surface area contributed by atoms with Crippen molar-refractivity contribution in [3.63, 3.8) is 0 Å². The highest BCUT2D eigenvalue weighted by atomic mass is 32.1. The Kier molecular flexibility index (Phi) is 4.03. The SMILES string of the molecule is CNC(C)Cc1noc(-c2cnc(-c3ccccn3)s2)n1. The molecule has 3 rings (SSSR count). The lowest BCUT2D eigenvalue weighted by atomic mass is 10.2. The van der Waals surface area contributed by atoms with Gasteiger partial charge in [0.2, 0.25) is 0 Å². The molecule has 1 atom stereocenters. The van der Waals surface area contributed by atoms with Crippen LogP contribution in [0.15, 0.2) is 35.1 Å². The highest BCUT2D eigenvalue weighted by Crippen LogP contribution is 2.29. The molecule has 6 nitrogen and oxygen atoms in total. The molecule has 0 bridgehead atoms. The third-order valence-electron chi connectivity index (χ3n) is 3.05. The maximum Gasteiger partial charge on any atom is 0.269 e. The number of nitrogens with zero attached hydrogens (tertiary/aromatic N) is 4. The van der Waals surface area contributed by atoms with Gasteiger partial charge in [0.15, 0.2) is 5.82 Å². The molecule has 0 saturated heterocycles. The zero-order valence-electron chi connectivity index (χ0n) is 11.8. The van der Waals surface area contributed by atoms with E-state index in [-0.39, 0.29) is 0 Å². The average molecular weight is 301 g/mol. The molecule has 3 aromatic heterocycles. The molecule has 1 N–H and O–H groups in total. The number of hydrogen-bond acceptors (Lipinski definition) is 7. The number of pyridine rings is 1. The summed E-state index contributed by atoms with van der Waals surface area (Å²) in [5.41, 5.74) is 0.845.